The van der Waals surface area contributed by atoms with E-state index in [9.17, 15) is 18.8 Å². The fourth-order valence-corrected chi connectivity index (χ4v) is 11.1. The van der Waals surface area contributed by atoms with E-state index >= 15 is 0 Å². The first kappa shape index (κ1) is 26.4. The highest BCUT2D eigenvalue weighted by Crippen LogP contribution is 2.69. The van der Waals surface area contributed by atoms with E-state index < -0.39 is 17.7 Å². The van der Waals surface area contributed by atoms with Crippen LogP contribution in [0.3, 0.4) is 0 Å². The molecule has 10 heteroatoms. The minimum atomic E-state index is -0.435. The van der Waals surface area contributed by atoms with Crippen LogP contribution in [0.15, 0.2) is 87.1 Å². The molecule has 3 fully saturated rings. The van der Waals surface area contributed by atoms with Crippen LogP contribution in [0.5, 0.6) is 5.75 Å². The number of anilines is 1. The summed E-state index contributed by atoms with van der Waals surface area (Å²) in [5.74, 6) is -1.08. The van der Waals surface area contributed by atoms with Crippen molar-refractivity contribution < 1.29 is 18.7 Å². The van der Waals surface area contributed by atoms with Crippen LogP contribution in [0.25, 0.3) is 0 Å². The van der Waals surface area contributed by atoms with Gasteiger partial charge in [-0.15, -0.1) is 11.8 Å². The third-order valence-electron chi connectivity index (χ3n) is 9.35. The molecule has 1 N–H and O–H groups in total. The van der Waals surface area contributed by atoms with Crippen molar-refractivity contribution >= 4 is 56.5 Å². The van der Waals surface area contributed by atoms with Crippen LogP contribution < -0.4 is 14.5 Å². The second-order valence-corrected chi connectivity index (χ2v) is 14.5. The Hall–Kier alpha value is -3.21. The number of carbonyl (C=O) groups excluding carboxylic acids is 2. The van der Waals surface area contributed by atoms with Gasteiger partial charge in [0.25, 0.3) is 0 Å². The Labute approximate surface area is 257 Å². The quantitative estimate of drug-likeness (QED) is 0.244. The lowest BCUT2D eigenvalue weighted by atomic mass is 9.68. The second kappa shape index (κ2) is 9.92. The zero-order valence-electron chi connectivity index (χ0n) is 22.0. The monoisotopic (exact) mass is 662 g/mol. The first-order chi connectivity index (χ1) is 20.4. The summed E-state index contributed by atoms with van der Waals surface area (Å²) in [7, 11) is 0. The summed E-state index contributed by atoms with van der Waals surface area (Å²) in [6, 6.07) is 21.5. The van der Waals surface area contributed by atoms with E-state index in [1.54, 1.807) is 11.8 Å². The van der Waals surface area contributed by atoms with Crippen LogP contribution in [0.2, 0.25) is 0 Å². The minimum Gasteiger partial charge on any atom is -0.489 e. The van der Waals surface area contributed by atoms with Crippen LogP contribution in [0.4, 0.5) is 10.1 Å². The van der Waals surface area contributed by atoms with Gasteiger partial charge in [0.2, 0.25) is 11.8 Å². The van der Waals surface area contributed by atoms with Gasteiger partial charge in [0, 0.05) is 26.1 Å². The molecule has 1 saturated heterocycles. The average molecular weight is 664 g/mol. The second-order valence-electron chi connectivity index (χ2n) is 11.4. The van der Waals surface area contributed by atoms with Crippen molar-refractivity contribution in [2.45, 2.75) is 29.2 Å². The molecule has 2 amide bonds. The molecule has 5 unspecified atom stereocenters. The topological polar surface area (TPSA) is 79.5 Å². The first-order valence-corrected chi connectivity index (χ1v) is 16.4. The number of benzene rings is 3. The Morgan fingerprint density at radius 3 is 2.45 bits per heavy atom. The fourth-order valence-electron chi connectivity index (χ4n) is 7.84. The maximum absolute atomic E-state index is 13.9. The van der Waals surface area contributed by atoms with Crippen LogP contribution in [-0.2, 0) is 16.2 Å². The van der Waals surface area contributed by atoms with E-state index in [4.69, 9.17) is 4.74 Å². The van der Waals surface area contributed by atoms with Crippen molar-refractivity contribution in [2.75, 3.05) is 4.90 Å². The zero-order chi connectivity index (χ0) is 28.7. The maximum Gasteiger partial charge on any atom is 0.305 e. The molecule has 4 aromatic rings. The summed E-state index contributed by atoms with van der Waals surface area (Å²) < 4.78 is 21.0. The standard InChI is InChI=1S/C32H24BrFN2O4S2/c33-16-6-11-22(40-14-15-4-2-1-3-5-15)19(12-16)23-24-20-13-21(27(24)41-29-28(23)42-32(39)35-29)26-25(20)30(37)36(31(26)38)18-9-7-17(34)8-10-18/h1-12,20-21,23-27H,13-14H2,(H,35,39)/t20-,21-,23?,24?,25?,26?,27?/m1/s1. The lowest BCUT2D eigenvalue weighted by molar-refractivity contribution is -0.123. The van der Waals surface area contributed by atoms with E-state index in [1.165, 1.54) is 40.5 Å². The lowest BCUT2D eigenvalue weighted by Crippen LogP contribution is -2.42. The minimum absolute atomic E-state index is 0.00297. The summed E-state index contributed by atoms with van der Waals surface area (Å²) in [5.41, 5.74) is 2.44. The molecular weight excluding hydrogens is 639 g/mol. The van der Waals surface area contributed by atoms with Gasteiger partial charge in [0.15, 0.2) is 0 Å². The number of amides is 2. The summed E-state index contributed by atoms with van der Waals surface area (Å²) >= 11 is 6.54. The summed E-state index contributed by atoms with van der Waals surface area (Å²) in [4.78, 5) is 45.6. The number of carbonyl (C=O) groups is 2. The number of aromatic nitrogens is 1. The van der Waals surface area contributed by atoms with Gasteiger partial charge in [-0.2, -0.15) is 0 Å². The lowest BCUT2D eigenvalue weighted by Gasteiger charge is -2.43. The molecule has 2 saturated carbocycles. The Balaban J connectivity index is 1.21. The largest absolute Gasteiger partial charge is 0.489 e. The maximum atomic E-state index is 13.9. The predicted molar refractivity (Wildman–Crippen MR) is 162 cm³/mol. The smallest absolute Gasteiger partial charge is 0.305 e. The Kier molecular flexibility index (Phi) is 6.24. The van der Waals surface area contributed by atoms with Gasteiger partial charge in [-0.1, -0.05) is 57.6 Å². The molecule has 8 rings (SSSR count). The molecule has 7 atom stereocenters. The number of H-pyrrole nitrogens is 1. The highest BCUT2D eigenvalue weighted by atomic mass is 79.9. The van der Waals surface area contributed by atoms with Gasteiger partial charge in [0.05, 0.1) is 22.5 Å². The number of nitrogens with zero attached hydrogens (tertiary/aromatic N) is 1. The number of aromatic amines is 1. The number of ether oxygens (including phenoxy) is 1. The van der Waals surface area contributed by atoms with Crippen LogP contribution in [0.1, 0.15) is 28.3 Å². The van der Waals surface area contributed by atoms with Crippen molar-refractivity contribution in [3.63, 3.8) is 0 Å². The summed E-state index contributed by atoms with van der Waals surface area (Å²) in [6.45, 7) is 0.400. The molecule has 4 aliphatic rings. The predicted octanol–water partition coefficient (Wildman–Crippen LogP) is 6.59. The molecule has 3 heterocycles. The highest BCUT2D eigenvalue weighted by molar-refractivity contribution is 9.10. The molecule has 0 spiro atoms. The normalized spacial score (nSPS) is 29.0. The molecule has 3 aromatic carbocycles. The molecule has 6 nitrogen and oxygen atoms in total. The van der Waals surface area contributed by atoms with E-state index in [0.29, 0.717) is 12.3 Å². The van der Waals surface area contributed by atoms with Gasteiger partial charge in [-0.3, -0.25) is 19.3 Å². The van der Waals surface area contributed by atoms with E-state index in [-0.39, 0.29) is 45.6 Å². The van der Waals surface area contributed by atoms with Crippen molar-refractivity contribution in [2.24, 2.45) is 29.6 Å². The van der Waals surface area contributed by atoms with Crippen LogP contribution >= 0.6 is 39.0 Å². The van der Waals surface area contributed by atoms with Gasteiger partial charge in [0.1, 0.15) is 18.2 Å². The number of fused-ring (bicyclic) bond motifs is 9. The Bertz CT molecular complexity index is 1790. The number of hydrogen-bond donors (Lipinski definition) is 1. The average Bonchev–Trinajstić information content (AvgIpc) is 3.72. The molecule has 2 aliphatic carbocycles. The molecule has 212 valence electrons. The van der Waals surface area contributed by atoms with Crippen molar-refractivity contribution in [1.82, 2.24) is 4.98 Å². The third-order valence-corrected chi connectivity index (χ3v) is 12.4. The molecule has 2 bridgehead atoms. The van der Waals surface area contributed by atoms with Gasteiger partial charge >= 0.3 is 4.87 Å². The molecular formula is C32H24BrFN2O4S2. The van der Waals surface area contributed by atoms with Gasteiger partial charge in [-0.05, 0) is 72.2 Å². The first-order valence-electron chi connectivity index (χ1n) is 13.9. The number of halogens is 2. The van der Waals surface area contributed by atoms with Crippen molar-refractivity contribution in [3.8, 4) is 5.75 Å². The van der Waals surface area contributed by atoms with E-state index in [1.807, 2.05) is 42.5 Å². The number of nitrogens with one attached hydrogen (secondary N) is 1. The molecule has 2 aliphatic heterocycles. The molecule has 1 aromatic heterocycles. The van der Waals surface area contributed by atoms with Crippen LogP contribution in [0, 0.1) is 35.4 Å². The van der Waals surface area contributed by atoms with E-state index in [2.05, 4.69) is 27.0 Å². The van der Waals surface area contributed by atoms with Gasteiger partial charge in [-0.25, -0.2) is 4.39 Å². The van der Waals surface area contributed by atoms with Crippen molar-refractivity contribution in [1.29, 1.82) is 0 Å². The highest BCUT2D eigenvalue weighted by Gasteiger charge is 2.69. The van der Waals surface area contributed by atoms with E-state index in [0.717, 1.165) is 37.7 Å². The number of hydrogen-bond acceptors (Lipinski definition) is 6. The number of thiazole rings is 1. The molecule has 42 heavy (non-hydrogen) atoms. The summed E-state index contributed by atoms with van der Waals surface area (Å²) in [6.07, 6.45) is 0.788. The Morgan fingerprint density at radius 2 is 1.69 bits per heavy atom. The van der Waals surface area contributed by atoms with Crippen molar-refractivity contribution in [3.05, 3.63) is 109 Å². The number of thioether (sulfide) groups is 1. The third kappa shape index (κ3) is 3.98. The fraction of sp³-hybridized carbons (Fsp3) is 0.281. The Morgan fingerprint density at radius 1 is 0.952 bits per heavy atom. The molecule has 0 radical (unpaired) electrons. The number of rotatable bonds is 5. The summed E-state index contributed by atoms with van der Waals surface area (Å²) in [5, 5.41) is 0.909. The van der Waals surface area contributed by atoms with Crippen LogP contribution in [-0.4, -0.2) is 22.0 Å². The SMILES string of the molecule is O=C1C2C(C(=O)N1c1ccc(F)cc1)[C@@H]1C[C@H]2C2Sc3[nH]c(=O)sc3C(c3cc(Br)ccc3OCc3ccccc3)C21. The van der Waals surface area contributed by atoms with Gasteiger partial charge < -0.3 is 9.72 Å². The number of imide groups is 1. The zero-order valence-corrected chi connectivity index (χ0v) is 25.3.